The van der Waals surface area contributed by atoms with Crippen LogP contribution < -0.4 is 10.9 Å². The summed E-state index contributed by atoms with van der Waals surface area (Å²) in [6.07, 6.45) is 6.66. The predicted octanol–water partition coefficient (Wildman–Crippen LogP) is 0.249. The van der Waals surface area contributed by atoms with Gasteiger partial charge < -0.3 is 10.1 Å². The molecule has 0 aliphatic carbocycles. The number of carbonyl (C=O) groups excluding carboxylic acids is 2. The van der Waals surface area contributed by atoms with E-state index in [0.29, 0.717) is 17.4 Å². The first-order valence-electron chi connectivity index (χ1n) is 7.51. The van der Waals surface area contributed by atoms with Crippen molar-refractivity contribution in [1.82, 2.24) is 14.9 Å². The van der Waals surface area contributed by atoms with Gasteiger partial charge in [0.2, 0.25) is 0 Å². The molecular formula is C17H15N3O4. The van der Waals surface area contributed by atoms with Gasteiger partial charge in [-0.05, 0) is 24.6 Å². The minimum absolute atomic E-state index is 0.0747. The zero-order valence-corrected chi connectivity index (χ0v) is 12.9. The Morgan fingerprint density at radius 2 is 2.25 bits per heavy atom. The number of aromatic nitrogens is 2. The number of nitrogens with zero attached hydrogens (tertiary/aromatic N) is 2. The second-order valence-corrected chi connectivity index (χ2v) is 5.38. The first-order chi connectivity index (χ1) is 11.6. The molecule has 0 atom stereocenters. The van der Waals surface area contributed by atoms with Gasteiger partial charge in [-0.25, -0.2) is 9.78 Å². The molecule has 2 heterocycles. The van der Waals surface area contributed by atoms with E-state index < -0.39 is 18.5 Å². The highest BCUT2D eigenvalue weighted by Crippen LogP contribution is 2.16. The van der Waals surface area contributed by atoms with Gasteiger partial charge in [0, 0.05) is 13.0 Å². The molecule has 1 N–H and O–H groups in total. The second-order valence-electron chi connectivity index (χ2n) is 5.38. The van der Waals surface area contributed by atoms with Crippen LogP contribution in [0.15, 0.2) is 23.0 Å². The number of carbonyl (C=O) groups is 2. The lowest BCUT2D eigenvalue weighted by Crippen LogP contribution is -2.29. The van der Waals surface area contributed by atoms with Crippen molar-refractivity contribution >= 4 is 22.8 Å². The molecule has 122 valence electrons. The topological polar surface area (TPSA) is 90.3 Å². The molecule has 7 nitrogen and oxygen atoms in total. The van der Waals surface area contributed by atoms with Crippen molar-refractivity contribution in [2.24, 2.45) is 0 Å². The lowest BCUT2D eigenvalue weighted by molar-refractivity contribution is -0.123. The third-order valence-electron chi connectivity index (χ3n) is 3.77. The molecular weight excluding hydrogens is 310 g/mol. The lowest BCUT2D eigenvalue weighted by Gasteiger charge is -2.07. The quantitative estimate of drug-likeness (QED) is 0.643. The molecule has 3 rings (SSSR count). The first kappa shape index (κ1) is 15.7. The van der Waals surface area contributed by atoms with Gasteiger partial charge in [-0.15, -0.1) is 6.42 Å². The van der Waals surface area contributed by atoms with Crippen LogP contribution in [0.3, 0.4) is 0 Å². The summed E-state index contributed by atoms with van der Waals surface area (Å²) in [6.45, 7) is 0.331. The van der Waals surface area contributed by atoms with Crippen LogP contribution in [0.25, 0.3) is 10.9 Å². The number of hydrogen-bond acceptors (Lipinski definition) is 5. The molecule has 1 aliphatic rings. The maximum absolute atomic E-state index is 12.4. The van der Waals surface area contributed by atoms with Crippen molar-refractivity contribution in [3.8, 4) is 12.3 Å². The first-order valence-corrected chi connectivity index (χ1v) is 7.51. The summed E-state index contributed by atoms with van der Waals surface area (Å²) >= 11 is 0. The van der Waals surface area contributed by atoms with E-state index in [1.807, 2.05) is 0 Å². The molecule has 0 saturated carbocycles. The second kappa shape index (κ2) is 6.54. The Morgan fingerprint density at radius 1 is 1.42 bits per heavy atom. The number of rotatable bonds is 4. The minimum atomic E-state index is -0.657. The highest BCUT2D eigenvalue weighted by molar-refractivity contribution is 5.95. The summed E-state index contributed by atoms with van der Waals surface area (Å²) in [5.41, 5.74) is 0.600. The van der Waals surface area contributed by atoms with Gasteiger partial charge in [-0.1, -0.05) is 5.92 Å². The normalized spacial score (nSPS) is 12.5. The van der Waals surface area contributed by atoms with Gasteiger partial charge in [-0.2, -0.15) is 0 Å². The Kier molecular flexibility index (Phi) is 4.29. The van der Waals surface area contributed by atoms with Gasteiger partial charge in [-0.3, -0.25) is 14.2 Å². The number of esters is 1. The van der Waals surface area contributed by atoms with Crippen molar-refractivity contribution in [3.63, 3.8) is 0 Å². The van der Waals surface area contributed by atoms with Gasteiger partial charge in [0.1, 0.15) is 5.82 Å². The predicted molar refractivity (Wildman–Crippen MR) is 86.4 cm³/mol. The van der Waals surface area contributed by atoms with E-state index in [0.717, 1.165) is 18.7 Å². The average Bonchev–Trinajstić information content (AvgIpc) is 3.06. The smallest absolute Gasteiger partial charge is 0.338 e. The maximum atomic E-state index is 12.4. The van der Waals surface area contributed by atoms with Gasteiger partial charge in [0.15, 0.2) is 6.61 Å². The molecule has 0 fully saturated rings. The van der Waals surface area contributed by atoms with Gasteiger partial charge in [0.25, 0.3) is 11.5 Å². The standard InChI is InChI=1S/C17H15N3O4/c1-2-7-18-15(21)10-24-17(23)11-5-6-12-13(9-11)19-14-4-3-8-20(14)16(12)22/h1,5-6,9H,3-4,7-8,10H2,(H,18,21). The number of aryl methyl sites for hydroxylation is 1. The number of benzene rings is 1. The van der Waals surface area contributed by atoms with E-state index in [1.165, 1.54) is 12.1 Å². The summed E-state index contributed by atoms with van der Waals surface area (Å²) in [7, 11) is 0. The van der Waals surface area contributed by atoms with E-state index in [1.54, 1.807) is 10.6 Å². The van der Waals surface area contributed by atoms with E-state index in [-0.39, 0.29) is 17.7 Å². The zero-order chi connectivity index (χ0) is 17.1. The fourth-order valence-electron chi connectivity index (χ4n) is 2.63. The Balaban J connectivity index is 1.80. The van der Waals surface area contributed by atoms with Crippen LogP contribution in [0.2, 0.25) is 0 Å². The van der Waals surface area contributed by atoms with Gasteiger partial charge >= 0.3 is 5.97 Å². The summed E-state index contributed by atoms with van der Waals surface area (Å²) in [6, 6.07) is 4.57. The Morgan fingerprint density at radius 3 is 3.04 bits per heavy atom. The van der Waals surface area contributed by atoms with Crippen molar-refractivity contribution in [2.75, 3.05) is 13.2 Å². The summed E-state index contributed by atoms with van der Waals surface area (Å²) in [5.74, 6) is 1.85. The summed E-state index contributed by atoms with van der Waals surface area (Å²) in [4.78, 5) is 40.2. The fourth-order valence-corrected chi connectivity index (χ4v) is 2.63. The van der Waals surface area contributed by atoms with Crippen LogP contribution in [0.4, 0.5) is 0 Å². The van der Waals surface area contributed by atoms with Crippen LogP contribution >= 0.6 is 0 Å². The van der Waals surface area contributed by atoms with Crippen molar-refractivity contribution in [2.45, 2.75) is 19.4 Å². The average molecular weight is 325 g/mol. The summed E-state index contributed by atoms with van der Waals surface area (Å²) < 4.78 is 6.59. The number of hydrogen-bond donors (Lipinski definition) is 1. The maximum Gasteiger partial charge on any atom is 0.338 e. The van der Waals surface area contributed by atoms with Crippen molar-refractivity contribution in [1.29, 1.82) is 0 Å². The molecule has 1 amide bonds. The Bertz CT molecular complexity index is 924. The highest BCUT2D eigenvalue weighted by atomic mass is 16.5. The lowest BCUT2D eigenvalue weighted by atomic mass is 10.1. The highest BCUT2D eigenvalue weighted by Gasteiger charge is 2.17. The number of nitrogens with one attached hydrogen (secondary N) is 1. The SMILES string of the molecule is C#CCNC(=O)COC(=O)c1ccc2c(=O)n3c(nc2c1)CCC3. The number of fused-ring (bicyclic) bond motifs is 2. The molecule has 0 saturated heterocycles. The van der Waals surface area contributed by atoms with Crippen LogP contribution in [-0.2, 0) is 22.5 Å². The zero-order valence-electron chi connectivity index (χ0n) is 12.9. The number of ether oxygens (including phenoxy) is 1. The third-order valence-corrected chi connectivity index (χ3v) is 3.77. The molecule has 0 unspecified atom stereocenters. The van der Waals surface area contributed by atoms with E-state index in [9.17, 15) is 14.4 Å². The molecule has 7 heteroatoms. The fraction of sp³-hybridized carbons (Fsp3) is 0.294. The third kappa shape index (κ3) is 2.99. The molecule has 1 aliphatic heterocycles. The molecule has 1 aromatic carbocycles. The molecule has 24 heavy (non-hydrogen) atoms. The van der Waals surface area contributed by atoms with E-state index in [4.69, 9.17) is 11.2 Å². The van der Waals surface area contributed by atoms with Crippen LogP contribution in [-0.4, -0.2) is 34.6 Å². The molecule has 0 radical (unpaired) electrons. The monoisotopic (exact) mass is 325 g/mol. The van der Waals surface area contributed by atoms with Gasteiger partial charge in [0.05, 0.1) is 23.0 Å². The van der Waals surface area contributed by atoms with Crippen LogP contribution in [0.1, 0.15) is 22.6 Å². The molecule has 0 bridgehead atoms. The van der Waals surface area contributed by atoms with Crippen LogP contribution in [0, 0.1) is 12.3 Å². The van der Waals surface area contributed by atoms with E-state index in [2.05, 4.69) is 16.2 Å². The largest absolute Gasteiger partial charge is 0.452 e. The van der Waals surface area contributed by atoms with Crippen molar-refractivity contribution < 1.29 is 14.3 Å². The molecule has 0 spiro atoms. The molecule has 2 aromatic rings. The number of amides is 1. The Labute approximate surface area is 137 Å². The molecule has 1 aromatic heterocycles. The van der Waals surface area contributed by atoms with Crippen molar-refractivity contribution in [3.05, 3.63) is 39.9 Å². The Hall–Kier alpha value is -3.14. The summed E-state index contributed by atoms with van der Waals surface area (Å²) in [5, 5.41) is 2.86. The minimum Gasteiger partial charge on any atom is -0.452 e. The van der Waals surface area contributed by atoms with Crippen LogP contribution in [0.5, 0.6) is 0 Å². The number of terminal acetylenes is 1. The van der Waals surface area contributed by atoms with E-state index >= 15 is 0 Å².